The number of anilines is 1. The molecule has 1 aliphatic rings. The SMILES string of the molecule is O=C(COC(=O)Cn1c2ccccc2c(=O)c2ccccc21)Nc1ccc2c(c1)OC(F)(F)O2. The topological polar surface area (TPSA) is 95.9 Å². The largest absolute Gasteiger partial charge is 0.586 e. The number of pyridine rings is 1. The summed E-state index contributed by atoms with van der Waals surface area (Å²) in [4.78, 5) is 37.5. The van der Waals surface area contributed by atoms with Crippen LogP contribution in [0.3, 0.4) is 0 Å². The van der Waals surface area contributed by atoms with E-state index < -0.39 is 24.8 Å². The van der Waals surface area contributed by atoms with Crippen LogP contribution in [0.4, 0.5) is 14.5 Å². The summed E-state index contributed by atoms with van der Waals surface area (Å²) >= 11 is 0. The molecule has 1 aromatic heterocycles. The highest BCUT2D eigenvalue weighted by Gasteiger charge is 2.43. The number of esters is 1. The van der Waals surface area contributed by atoms with E-state index >= 15 is 0 Å². The van der Waals surface area contributed by atoms with Gasteiger partial charge in [-0.3, -0.25) is 14.4 Å². The maximum atomic E-state index is 13.1. The lowest BCUT2D eigenvalue weighted by Crippen LogP contribution is -2.26. The molecule has 0 unspecified atom stereocenters. The number of rotatable bonds is 5. The molecular formula is C24H16F2N2O6. The number of hydrogen-bond acceptors (Lipinski definition) is 6. The molecule has 0 spiro atoms. The van der Waals surface area contributed by atoms with Gasteiger partial charge >= 0.3 is 12.3 Å². The molecule has 34 heavy (non-hydrogen) atoms. The molecule has 10 heteroatoms. The normalized spacial score (nSPS) is 13.7. The van der Waals surface area contributed by atoms with Crippen LogP contribution in [0, 0.1) is 0 Å². The molecule has 1 N–H and O–H groups in total. The zero-order chi connectivity index (χ0) is 23.9. The molecule has 0 saturated heterocycles. The summed E-state index contributed by atoms with van der Waals surface area (Å²) in [6, 6.07) is 17.6. The first-order chi connectivity index (χ1) is 16.3. The zero-order valence-electron chi connectivity index (χ0n) is 17.4. The van der Waals surface area contributed by atoms with Gasteiger partial charge in [0.1, 0.15) is 6.54 Å². The number of carbonyl (C=O) groups excluding carboxylic acids is 2. The van der Waals surface area contributed by atoms with E-state index in [0.29, 0.717) is 21.8 Å². The smallest absolute Gasteiger partial charge is 0.454 e. The lowest BCUT2D eigenvalue weighted by molar-refractivity contribution is -0.286. The fraction of sp³-hybridized carbons (Fsp3) is 0.125. The van der Waals surface area contributed by atoms with Gasteiger partial charge in [0.25, 0.3) is 5.91 Å². The molecule has 0 bridgehead atoms. The Morgan fingerprint density at radius 3 is 2.21 bits per heavy atom. The van der Waals surface area contributed by atoms with Crippen molar-refractivity contribution in [2.24, 2.45) is 0 Å². The molecule has 1 aliphatic heterocycles. The Morgan fingerprint density at radius 2 is 1.53 bits per heavy atom. The minimum absolute atomic E-state index is 0.142. The number of amides is 1. The molecule has 3 aromatic carbocycles. The van der Waals surface area contributed by atoms with E-state index in [2.05, 4.69) is 14.8 Å². The van der Waals surface area contributed by atoms with Gasteiger partial charge in [0.15, 0.2) is 23.5 Å². The lowest BCUT2D eigenvalue weighted by atomic mass is 10.1. The van der Waals surface area contributed by atoms with Crippen molar-refractivity contribution in [2.45, 2.75) is 12.8 Å². The van der Waals surface area contributed by atoms with Gasteiger partial charge in [0.2, 0.25) is 0 Å². The van der Waals surface area contributed by atoms with Crippen molar-refractivity contribution in [3.63, 3.8) is 0 Å². The highest BCUT2D eigenvalue weighted by molar-refractivity contribution is 5.95. The van der Waals surface area contributed by atoms with Crippen molar-refractivity contribution in [3.8, 4) is 11.5 Å². The molecule has 0 saturated carbocycles. The van der Waals surface area contributed by atoms with Crippen LogP contribution in [0.25, 0.3) is 21.8 Å². The van der Waals surface area contributed by atoms with Crippen molar-refractivity contribution < 1.29 is 32.6 Å². The maximum Gasteiger partial charge on any atom is 0.586 e. The van der Waals surface area contributed by atoms with Gasteiger partial charge in [-0.25, -0.2) is 0 Å². The minimum Gasteiger partial charge on any atom is -0.454 e. The number of hydrogen-bond donors (Lipinski definition) is 1. The molecule has 0 atom stereocenters. The van der Waals surface area contributed by atoms with Crippen LogP contribution in [0.1, 0.15) is 0 Å². The monoisotopic (exact) mass is 466 g/mol. The molecule has 8 nitrogen and oxygen atoms in total. The highest BCUT2D eigenvalue weighted by atomic mass is 19.3. The highest BCUT2D eigenvalue weighted by Crippen LogP contribution is 2.42. The number of ether oxygens (including phenoxy) is 3. The van der Waals surface area contributed by atoms with Crippen LogP contribution < -0.4 is 20.2 Å². The number of halogens is 2. The van der Waals surface area contributed by atoms with Gasteiger partial charge < -0.3 is 24.1 Å². The number of benzene rings is 3. The second kappa shape index (κ2) is 8.14. The van der Waals surface area contributed by atoms with E-state index in [1.54, 1.807) is 53.1 Å². The van der Waals surface area contributed by atoms with Crippen LogP contribution in [-0.4, -0.2) is 29.3 Å². The van der Waals surface area contributed by atoms with Gasteiger partial charge in [-0.1, -0.05) is 24.3 Å². The van der Waals surface area contributed by atoms with Crippen molar-refractivity contribution in [1.29, 1.82) is 0 Å². The predicted molar refractivity (Wildman–Crippen MR) is 118 cm³/mol. The fourth-order valence-electron chi connectivity index (χ4n) is 3.79. The van der Waals surface area contributed by atoms with E-state index in [9.17, 15) is 23.2 Å². The first kappa shape index (κ1) is 21.4. The number of carbonyl (C=O) groups is 2. The maximum absolute atomic E-state index is 13.1. The molecule has 4 aromatic rings. The van der Waals surface area contributed by atoms with Gasteiger partial charge in [-0.05, 0) is 36.4 Å². The Balaban J connectivity index is 1.29. The molecule has 5 rings (SSSR count). The summed E-state index contributed by atoms with van der Waals surface area (Å²) in [5.74, 6) is -1.75. The van der Waals surface area contributed by atoms with E-state index in [-0.39, 0.29) is 29.2 Å². The standard InChI is InChI=1S/C24H16F2N2O6/c25-24(26)33-19-10-9-14(11-20(19)34-24)27-21(29)13-32-22(30)12-28-17-7-3-1-5-15(17)23(31)16-6-2-4-8-18(16)28/h1-11H,12-13H2,(H,27,29). The average Bonchev–Trinajstić information content (AvgIpc) is 3.13. The molecule has 172 valence electrons. The third-order valence-electron chi connectivity index (χ3n) is 5.22. The van der Waals surface area contributed by atoms with Gasteiger partial charge in [0, 0.05) is 22.5 Å². The number of para-hydroxylation sites is 2. The van der Waals surface area contributed by atoms with Crippen LogP contribution in [-0.2, 0) is 20.9 Å². The third-order valence-corrected chi connectivity index (χ3v) is 5.22. The van der Waals surface area contributed by atoms with Crippen molar-refractivity contribution in [2.75, 3.05) is 11.9 Å². The first-order valence-corrected chi connectivity index (χ1v) is 10.2. The summed E-state index contributed by atoms with van der Waals surface area (Å²) in [5.41, 5.74) is 1.14. The predicted octanol–water partition coefficient (Wildman–Crippen LogP) is 3.66. The average molecular weight is 466 g/mol. The first-order valence-electron chi connectivity index (χ1n) is 10.2. The minimum atomic E-state index is -3.77. The van der Waals surface area contributed by atoms with Crippen LogP contribution in [0.15, 0.2) is 71.5 Å². The number of alkyl halides is 2. The number of fused-ring (bicyclic) bond motifs is 3. The van der Waals surface area contributed by atoms with E-state index in [0.717, 1.165) is 0 Å². The summed E-state index contributed by atoms with van der Waals surface area (Å²) in [6.07, 6.45) is -3.77. The summed E-state index contributed by atoms with van der Waals surface area (Å²) < 4.78 is 41.7. The lowest BCUT2D eigenvalue weighted by Gasteiger charge is -2.14. The second-order valence-corrected chi connectivity index (χ2v) is 7.49. The third kappa shape index (κ3) is 4.01. The Labute approximate surface area is 190 Å². The zero-order valence-corrected chi connectivity index (χ0v) is 17.4. The number of aromatic nitrogens is 1. The van der Waals surface area contributed by atoms with Crippen LogP contribution in [0.5, 0.6) is 11.5 Å². The van der Waals surface area contributed by atoms with Crippen molar-refractivity contribution >= 4 is 39.4 Å². The Kier molecular flexibility index (Phi) is 5.12. The number of nitrogens with zero attached hydrogens (tertiary/aromatic N) is 1. The van der Waals surface area contributed by atoms with Crippen molar-refractivity contribution in [3.05, 3.63) is 77.0 Å². The van der Waals surface area contributed by atoms with Crippen LogP contribution >= 0.6 is 0 Å². The summed E-state index contributed by atoms with van der Waals surface area (Å²) in [5, 5.41) is 3.36. The number of nitrogens with one attached hydrogen (secondary N) is 1. The van der Waals surface area contributed by atoms with Gasteiger partial charge in [-0.2, -0.15) is 0 Å². The molecule has 0 radical (unpaired) electrons. The molecule has 2 heterocycles. The molecule has 1 amide bonds. The van der Waals surface area contributed by atoms with Gasteiger partial charge in [-0.15, -0.1) is 8.78 Å². The quantitative estimate of drug-likeness (QED) is 0.356. The molecule has 0 fully saturated rings. The van der Waals surface area contributed by atoms with E-state index in [1.165, 1.54) is 18.2 Å². The van der Waals surface area contributed by atoms with Gasteiger partial charge in [0.05, 0.1) is 11.0 Å². The summed E-state index contributed by atoms with van der Waals surface area (Å²) in [7, 11) is 0. The Bertz CT molecular complexity index is 1450. The second-order valence-electron chi connectivity index (χ2n) is 7.49. The Hall–Kier alpha value is -4.47. The molecular weight excluding hydrogens is 450 g/mol. The van der Waals surface area contributed by atoms with E-state index in [1.807, 2.05) is 0 Å². The molecule has 0 aliphatic carbocycles. The summed E-state index contributed by atoms with van der Waals surface area (Å²) in [6.45, 7) is -0.826. The fourth-order valence-corrected chi connectivity index (χ4v) is 3.79. The van der Waals surface area contributed by atoms with Crippen LogP contribution in [0.2, 0.25) is 0 Å². The van der Waals surface area contributed by atoms with Crippen molar-refractivity contribution in [1.82, 2.24) is 4.57 Å². The van der Waals surface area contributed by atoms with E-state index in [4.69, 9.17) is 4.74 Å². The Morgan fingerprint density at radius 1 is 0.912 bits per heavy atom.